The number of carbonyl (C=O) groups excluding carboxylic acids is 1. The number of hydrogen-bond donors (Lipinski definition) is 0. The van der Waals surface area contributed by atoms with E-state index < -0.39 is 17.5 Å². The Kier molecular flexibility index (Phi) is 3.96. The van der Waals surface area contributed by atoms with E-state index in [2.05, 4.69) is 4.98 Å². The van der Waals surface area contributed by atoms with E-state index >= 15 is 0 Å². The maximum absolute atomic E-state index is 13.7. The van der Waals surface area contributed by atoms with E-state index in [1.54, 1.807) is 22.4 Å². The van der Waals surface area contributed by atoms with Crippen molar-refractivity contribution < 1.29 is 13.6 Å². The second-order valence-electron chi connectivity index (χ2n) is 5.14. The van der Waals surface area contributed by atoms with Crippen LogP contribution in [-0.4, -0.2) is 28.9 Å². The van der Waals surface area contributed by atoms with Gasteiger partial charge in [0.25, 0.3) is 5.91 Å². The Balaban J connectivity index is 1.68. The molecule has 21 heavy (non-hydrogen) atoms. The lowest BCUT2D eigenvalue weighted by Crippen LogP contribution is -2.29. The fourth-order valence-electron chi connectivity index (χ4n) is 2.62. The van der Waals surface area contributed by atoms with Gasteiger partial charge in [-0.05, 0) is 24.5 Å². The Labute approximate surface area is 125 Å². The van der Waals surface area contributed by atoms with Crippen molar-refractivity contribution in [2.24, 2.45) is 5.92 Å². The predicted octanol–water partition coefficient (Wildman–Crippen LogP) is 3.13. The number of rotatable bonds is 3. The molecule has 6 heteroatoms. The molecule has 1 aromatic heterocycles. The third-order valence-corrected chi connectivity index (χ3v) is 4.50. The van der Waals surface area contributed by atoms with Crippen molar-refractivity contribution in [1.82, 2.24) is 9.88 Å². The number of thiazole rings is 1. The Morgan fingerprint density at radius 2 is 2.29 bits per heavy atom. The molecule has 0 saturated carbocycles. The lowest BCUT2D eigenvalue weighted by Gasteiger charge is -2.17. The fourth-order valence-corrected chi connectivity index (χ4v) is 3.36. The number of likely N-dealkylation sites (tertiary alicyclic amines) is 1. The van der Waals surface area contributed by atoms with Crippen LogP contribution in [0.15, 0.2) is 29.8 Å². The molecule has 0 aliphatic carbocycles. The van der Waals surface area contributed by atoms with Crippen LogP contribution in [0.25, 0.3) is 0 Å². The van der Waals surface area contributed by atoms with Gasteiger partial charge in [-0.15, -0.1) is 11.3 Å². The van der Waals surface area contributed by atoms with Crippen LogP contribution in [0.4, 0.5) is 8.78 Å². The summed E-state index contributed by atoms with van der Waals surface area (Å²) in [5.74, 6) is -2.16. The Morgan fingerprint density at radius 3 is 3.05 bits per heavy atom. The number of carbonyl (C=O) groups is 1. The highest BCUT2D eigenvalue weighted by atomic mass is 32.1. The first-order chi connectivity index (χ1) is 10.1. The zero-order chi connectivity index (χ0) is 14.8. The van der Waals surface area contributed by atoms with Gasteiger partial charge in [0, 0.05) is 31.1 Å². The molecule has 0 spiro atoms. The summed E-state index contributed by atoms with van der Waals surface area (Å²) in [5, 5.41) is 2.97. The minimum Gasteiger partial charge on any atom is -0.338 e. The summed E-state index contributed by atoms with van der Waals surface area (Å²) in [4.78, 5) is 18.1. The SMILES string of the molecule is O=C(c1cccc(F)c1F)N1CCC(Cc2nccs2)C1. The van der Waals surface area contributed by atoms with Gasteiger partial charge in [0.15, 0.2) is 11.6 Å². The molecule has 1 unspecified atom stereocenters. The molecule has 1 saturated heterocycles. The van der Waals surface area contributed by atoms with Gasteiger partial charge < -0.3 is 4.90 Å². The molecule has 1 fully saturated rings. The van der Waals surface area contributed by atoms with E-state index in [1.165, 1.54) is 12.1 Å². The number of halogens is 2. The van der Waals surface area contributed by atoms with Gasteiger partial charge in [0.2, 0.25) is 0 Å². The van der Waals surface area contributed by atoms with Gasteiger partial charge >= 0.3 is 0 Å². The zero-order valence-electron chi connectivity index (χ0n) is 11.3. The van der Waals surface area contributed by atoms with Crippen LogP contribution in [-0.2, 0) is 6.42 Å². The fraction of sp³-hybridized carbons (Fsp3) is 0.333. The molecular formula is C15H14F2N2OS. The zero-order valence-corrected chi connectivity index (χ0v) is 12.1. The topological polar surface area (TPSA) is 33.2 Å². The summed E-state index contributed by atoms with van der Waals surface area (Å²) in [6.07, 6.45) is 3.45. The maximum atomic E-state index is 13.7. The van der Waals surface area contributed by atoms with Gasteiger partial charge in [0.1, 0.15) is 0 Å². The van der Waals surface area contributed by atoms with Crippen LogP contribution in [0, 0.1) is 17.6 Å². The maximum Gasteiger partial charge on any atom is 0.256 e. The van der Waals surface area contributed by atoms with Crippen LogP contribution in [0.1, 0.15) is 21.8 Å². The highest BCUT2D eigenvalue weighted by Crippen LogP contribution is 2.24. The minimum absolute atomic E-state index is 0.190. The highest BCUT2D eigenvalue weighted by Gasteiger charge is 2.29. The molecule has 0 N–H and O–H groups in total. The Bertz CT molecular complexity index is 645. The summed E-state index contributed by atoms with van der Waals surface area (Å²) in [6, 6.07) is 3.70. The molecule has 1 aliphatic heterocycles. The molecule has 2 aromatic rings. The standard InChI is InChI=1S/C15H14F2N2OS/c16-12-3-1-2-11(14(12)17)15(20)19-6-4-10(9-19)8-13-18-5-7-21-13/h1-3,5,7,10H,4,6,8-9H2. The first-order valence-electron chi connectivity index (χ1n) is 6.77. The highest BCUT2D eigenvalue weighted by molar-refractivity contribution is 7.09. The summed E-state index contributed by atoms with van der Waals surface area (Å²) in [6.45, 7) is 1.14. The van der Waals surface area contributed by atoms with E-state index in [-0.39, 0.29) is 5.56 Å². The lowest BCUT2D eigenvalue weighted by molar-refractivity contribution is 0.0781. The van der Waals surface area contributed by atoms with Crippen molar-refractivity contribution in [3.05, 3.63) is 52.0 Å². The van der Waals surface area contributed by atoms with Crippen LogP contribution in [0.3, 0.4) is 0 Å². The minimum atomic E-state index is -1.06. The first-order valence-corrected chi connectivity index (χ1v) is 7.65. The summed E-state index contributed by atoms with van der Waals surface area (Å²) in [5.41, 5.74) is -0.190. The number of nitrogens with zero attached hydrogens (tertiary/aromatic N) is 2. The number of hydrogen-bond acceptors (Lipinski definition) is 3. The van der Waals surface area contributed by atoms with E-state index in [1.807, 2.05) is 5.38 Å². The molecule has 0 radical (unpaired) electrons. The molecule has 110 valence electrons. The second-order valence-corrected chi connectivity index (χ2v) is 6.12. The normalized spacial score (nSPS) is 18.2. The second kappa shape index (κ2) is 5.89. The molecular weight excluding hydrogens is 294 g/mol. The van der Waals surface area contributed by atoms with Gasteiger partial charge in [-0.1, -0.05) is 6.07 Å². The third-order valence-electron chi connectivity index (χ3n) is 3.70. The van der Waals surface area contributed by atoms with Crippen LogP contribution in [0.5, 0.6) is 0 Å². The monoisotopic (exact) mass is 308 g/mol. The van der Waals surface area contributed by atoms with Gasteiger partial charge in [0.05, 0.1) is 10.6 Å². The van der Waals surface area contributed by atoms with Crippen LogP contribution in [0.2, 0.25) is 0 Å². The van der Waals surface area contributed by atoms with E-state index in [4.69, 9.17) is 0 Å². The molecule has 3 rings (SSSR count). The Hall–Kier alpha value is -1.82. The van der Waals surface area contributed by atoms with Crippen LogP contribution < -0.4 is 0 Å². The molecule has 2 heterocycles. The van der Waals surface area contributed by atoms with Gasteiger partial charge in [-0.3, -0.25) is 4.79 Å². The van der Waals surface area contributed by atoms with E-state index in [0.29, 0.717) is 19.0 Å². The van der Waals surface area contributed by atoms with E-state index in [9.17, 15) is 13.6 Å². The van der Waals surface area contributed by atoms with Crippen molar-refractivity contribution in [3.63, 3.8) is 0 Å². The quantitative estimate of drug-likeness (QED) is 0.873. The van der Waals surface area contributed by atoms with Crippen molar-refractivity contribution in [3.8, 4) is 0 Å². The molecule has 1 aliphatic rings. The van der Waals surface area contributed by atoms with Gasteiger partial charge in [-0.25, -0.2) is 13.8 Å². The summed E-state index contributed by atoms with van der Waals surface area (Å²) < 4.78 is 26.9. The van der Waals surface area contributed by atoms with Crippen LogP contribution >= 0.6 is 11.3 Å². The third kappa shape index (κ3) is 2.95. The number of aromatic nitrogens is 1. The lowest BCUT2D eigenvalue weighted by atomic mass is 10.1. The Morgan fingerprint density at radius 1 is 1.43 bits per heavy atom. The average Bonchev–Trinajstić information content (AvgIpc) is 3.13. The molecule has 1 aromatic carbocycles. The van der Waals surface area contributed by atoms with Gasteiger partial charge in [-0.2, -0.15) is 0 Å². The first kappa shape index (κ1) is 14.1. The van der Waals surface area contributed by atoms with Crippen molar-refractivity contribution in [2.45, 2.75) is 12.8 Å². The van der Waals surface area contributed by atoms with Crippen molar-refractivity contribution in [2.75, 3.05) is 13.1 Å². The van der Waals surface area contributed by atoms with Crippen molar-refractivity contribution >= 4 is 17.2 Å². The average molecular weight is 308 g/mol. The summed E-state index contributed by atoms with van der Waals surface area (Å²) in [7, 11) is 0. The molecule has 0 bridgehead atoms. The number of amides is 1. The predicted molar refractivity (Wildman–Crippen MR) is 76.2 cm³/mol. The smallest absolute Gasteiger partial charge is 0.256 e. The largest absolute Gasteiger partial charge is 0.338 e. The summed E-state index contributed by atoms with van der Waals surface area (Å²) >= 11 is 1.60. The van der Waals surface area contributed by atoms with Crippen molar-refractivity contribution in [1.29, 1.82) is 0 Å². The molecule has 1 atom stereocenters. The molecule has 3 nitrogen and oxygen atoms in total. The molecule has 1 amide bonds. The van der Waals surface area contributed by atoms with E-state index in [0.717, 1.165) is 23.9 Å². The number of benzene rings is 1.